The van der Waals surface area contributed by atoms with Crippen molar-refractivity contribution in [3.63, 3.8) is 0 Å². The van der Waals surface area contributed by atoms with E-state index in [4.69, 9.17) is 0 Å². The predicted molar refractivity (Wildman–Crippen MR) is 154 cm³/mol. The zero-order valence-corrected chi connectivity index (χ0v) is 25.5. The van der Waals surface area contributed by atoms with E-state index >= 15 is 0 Å². The Hall–Kier alpha value is -2.08. The van der Waals surface area contributed by atoms with Crippen LogP contribution in [0.15, 0.2) is 90.4 Å². The van der Waals surface area contributed by atoms with Gasteiger partial charge in [0.05, 0.1) is 13.3 Å². The molecule has 0 aliphatic carbocycles. The van der Waals surface area contributed by atoms with E-state index in [-0.39, 0.29) is 16.5 Å². The Morgan fingerprint density at radius 2 is 0.919 bits per heavy atom. The molecule has 37 heavy (non-hydrogen) atoms. The molecule has 2 aliphatic heterocycles. The molecule has 2 aliphatic rings. The maximum absolute atomic E-state index is 10.0. The number of nitrogens with zero attached hydrogens (tertiary/aromatic N) is 4. The molecular formula is C30H46N4NiOS. The first-order chi connectivity index (χ1) is 17.1. The smallest absolute Gasteiger partial charge is 0.795 e. The number of hydrogen-bond donors (Lipinski definition) is 0. The summed E-state index contributed by atoms with van der Waals surface area (Å²) in [5.74, 6) is 0. The van der Waals surface area contributed by atoms with E-state index < -0.39 is 0 Å². The molecule has 4 rings (SSSR count). The van der Waals surface area contributed by atoms with Crippen molar-refractivity contribution in [2.24, 2.45) is 0 Å². The summed E-state index contributed by atoms with van der Waals surface area (Å²) >= 11 is 0.519. The van der Waals surface area contributed by atoms with Crippen LogP contribution in [-0.4, -0.2) is 61.7 Å². The molecule has 2 aromatic carbocycles. The van der Waals surface area contributed by atoms with Gasteiger partial charge in [-0.1, -0.05) is 18.2 Å². The summed E-state index contributed by atoms with van der Waals surface area (Å²) in [6.07, 6.45) is 8.69. The van der Waals surface area contributed by atoms with Crippen LogP contribution in [-0.2, 0) is 16.5 Å². The first-order valence-electron chi connectivity index (χ1n) is 12.8. The van der Waals surface area contributed by atoms with E-state index in [0.29, 0.717) is 36.2 Å². The van der Waals surface area contributed by atoms with Gasteiger partial charge in [-0.05, 0) is 72.4 Å². The predicted octanol–water partition coefficient (Wildman–Crippen LogP) is 7.09. The van der Waals surface area contributed by atoms with E-state index in [0.717, 1.165) is 18.2 Å². The molecule has 0 N–H and O–H groups in total. The van der Waals surface area contributed by atoms with Gasteiger partial charge in [-0.3, -0.25) is 0 Å². The zero-order chi connectivity index (χ0) is 26.9. The Morgan fingerprint density at radius 3 is 1.08 bits per heavy atom. The van der Waals surface area contributed by atoms with E-state index in [1.165, 1.54) is 0 Å². The normalized spacial score (nSPS) is 13.8. The molecule has 0 saturated carbocycles. The van der Waals surface area contributed by atoms with Gasteiger partial charge in [-0.25, -0.2) is 12.0 Å². The van der Waals surface area contributed by atoms with Crippen molar-refractivity contribution in [1.29, 1.82) is 0 Å². The van der Waals surface area contributed by atoms with Crippen LogP contribution in [0.3, 0.4) is 0 Å². The molecule has 7 heteroatoms. The van der Waals surface area contributed by atoms with Crippen molar-refractivity contribution < 1.29 is 21.0 Å². The largest absolute Gasteiger partial charge is 2.00 e. The fraction of sp³-hybridized carbons (Fsp3) is 0.467. The van der Waals surface area contributed by atoms with Crippen LogP contribution in [0.5, 0.6) is 0 Å². The number of rotatable bonds is 5. The quantitative estimate of drug-likeness (QED) is 0.217. The third-order valence-electron chi connectivity index (χ3n) is 5.65. The Morgan fingerprint density at radius 1 is 0.595 bits per heavy atom. The third-order valence-corrected chi connectivity index (χ3v) is 6.12. The topological polar surface area (TPSA) is 36.0 Å². The third kappa shape index (κ3) is 15.1. The van der Waals surface area contributed by atoms with Gasteiger partial charge < -0.3 is 24.2 Å². The molecular weight excluding hydrogens is 523 g/mol. The van der Waals surface area contributed by atoms with Gasteiger partial charge in [-0.2, -0.15) is 36.4 Å². The minimum Gasteiger partial charge on any atom is -0.795 e. The van der Waals surface area contributed by atoms with Crippen molar-refractivity contribution in [2.75, 3.05) is 13.3 Å². The maximum atomic E-state index is 10.0. The van der Waals surface area contributed by atoms with Crippen molar-refractivity contribution >= 4 is 12.0 Å². The molecule has 0 spiro atoms. The summed E-state index contributed by atoms with van der Waals surface area (Å²) in [5, 5.41) is 0. The minimum absolute atomic E-state index is 0. The van der Waals surface area contributed by atoms with E-state index in [1.54, 1.807) is 12.1 Å². The van der Waals surface area contributed by atoms with Crippen LogP contribution < -0.4 is 0 Å². The molecule has 0 bridgehead atoms. The summed E-state index contributed by atoms with van der Waals surface area (Å²) in [7, 11) is 0. The summed E-state index contributed by atoms with van der Waals surface area (Å²) in [6, 6.07) is 24.1. The Labute approximate surface area is 241 Å². The molecule has 2 aromatic rings. The van der Waals surface area contributed by atoms with Gasteiger partial charge in [0.25, 0.3) is 0 Å². The van der Waals surface area contributed by atoms with E-state index in [9.17, 15) is 4.55 Å². The molecule has 0 atom stereocenters. The van der Waals surface area contributed by atoms with Crippen LogP contribution in [0.1, 0.15) is 55.4 Å². The first-order valence-corrected chi connectivity index (χ1v) is 13.5. The second kappa shape index (κ2) is 20.0. The van der Waals surface area contributed by atoms with Gasteiger partial charge in [0.1, 0.15) is 0 Å². The van der Waals surface area contributed by atoms with Crippen LogP contribution in [0.25, 0.3) is 0 Å². The van der Waals surface area contributed by atoms with Crippen LogP contribution in [0.2, 0.25) is 0 Å². The molecule has 0 saturated heterocycles. The monoisotopic (exact) mass is 568 g/mol. The van der Waals surface area contributed by atoms with Gasteiger partial charge in [0.2, 0.25) is 0 Å². The van der Waals surface area contributed by atoms with Gasteiger partial charge in [0, 0.05) is 49.0 Å². The van der Waals surface area contributed by atoms with Crippen LogP contribution in [0, 0.1) is 6.07 Å². The summed E-state index contributed by atoms with van der Waals surface area (Å²) in [4.78, 5) is 10.1. The fourth-order valence-electron chi connectivity index (χ4n) is 3.07. The van der Waals surface area contributed by atoms with Gasteiger partial charge >= 0.3 is 16.5 Å². The first kappa shape index (κ1) is 34.9. The summed E-state index contributed by atoms with van der Waals surface area (Å²) < 4.78 is 10.0. The second-order valence-corrected chi connectivity index (χ2v) is 10.4. The average molecular weight is 569 g/mol. The van der Waals surface area contributed by atoms with Crippen molar-refractivity contribution in [1.82, 2.24) is 19.6 Å². The molecule has 0 radical (unpaired) electrons. The average Bonchev–Trinajstić information content (AvgIpc) is 3.58. The molecule has 0 aromatic heterocycles. The standard InChI is InChI=1S/2C9H18N2.C6H6OS.C6H5.Ni/c2*1-8(2)10-5-6-11(7-10)9(3)4;7-8-6-4-2-1-3-5-6;1-2-4-6-5-3-1;/h2*5-6,8-9H,7H2,1-4H3;1-5,7H;1-5H;/q;;;-1;+2/p-1. The SMILES string of the molecule is CC(C)N1C=CN(C(C)C)C1.CC(C)N1C=CN(C(C)C)C1.[Ni+2].[O-]Sc1ccccc1.[c-]1ccccc1. The van der Waals surface area contributed by atoms with Gasteiger partial charge in [0.15, 0.2) is 0 Å². The summed E-state index contributed by atoms with van der Waals surface area (Å²) in [5.41, 5.74) is 0. The molecule has 0 amide bonds. The van der Waals surface area contributed by atoms with Crippen molar-refractivity contribution in [3.05, 3.63) is 91.5 Å². The Balaban J connectivity index is 0.000000474. The summed E-state index contributed by atoms with van der Waals surface area (Å²) in [6.45, 7) is 19.8. The Kier molecular flexibility index (Phi) is 18.8. The maximum Gasteiger partial charge on any atom is 2.00 e. The van der Waals surface area contributed by atoms with E-state index in [1.807, 2.05) is 48.5 Å². The van der Waals surface area contributed by atoms with Crippen molar-refractivity contribution in [3.8, 4) is 0 Å². The van der Waals surface area contributed by atoms with Crippen molar-refractivity contribution in [2.45, 2.75) is 84.5 Å². The molecule has 0 unspecified atom stereocenters. The van der Waals surface area contributed by atoms with Gasteiger partial charge in [-0.15, -0.1) is 0 Å². The zero-order valence-electron chi connectivity index (χ0n) is 23.7. The Bertz CT molecular complexity index is 752. The second-order valence-electron chi connectivity index (χ2n) is 9.78. The van der Waals surface area contributed by atoms with Crippen LogP contribution >= 0.6 is 12.0 Å². The number of hydrogen-bond acceptors (Lipinski definition) is 6. The van der Waals surface area contributed by atoms with Crippen LogP contribution in [0.4, 0.5) is 0 Å². The minimum atomic E-state index is 0. The molecule has 0 fully saturated rings. The number of benzene rings is 2. The molecule has 2 heterocycles. The van der Waals surface area contributed by atoms with E-state index in [2.05, 4.69) is 106 Å². The fourth-order valence-corrected chi connectivity index (χ4v) is 3.34. The molecule has 5 nitrogen and oxygen atoms in total. The molecule has 208 valence electrons.